The first kappa shape index (κ1) is 21.0. The van der Waals surface area contributed by atoms with E-state index in [4.69, 9.17) is 0 Å². The Morgan fingerprint density at radius 3 is 2.58 bits per heavy atom. The van der Waals surface area contributed by atoms with Crippen molar-refractivity contribution in [3.8, 4) is 11.3 Å². The fourth-order valence-electron chi connectivity index (χ4n) is 3.51. The van der Waals surface area contributed by atoms with E-state index in [0.717, 1.165) is 29.5 Å². The molecule has 1 atom stereocenters. The summed E-state index contributed by atoms with van der Waals surface area (Å²) in [5.41, 5.74) is 0.615. The standard InChI is InChI=1S/C22H18F3N3O2S/c23-15-5-3-13(4-6-15)21(30)28-9-1-2-14(11-28)20(29)27-22-26-19(12-31-22)17-10-16(24)7-8-18(17)25/h3-8,10,12,14H,1-2,9,11H2,(H,26,27,29). The molecule has 4 rings (SSSR count). The zero-order valence-corrected chi connectivity index (χ0v) is 17.1. The van der Waals surface area contributed by atoms with Crippen molar-refractivity contribution in [3.63, 3.8) is 0 Å². The molecule has 1 aliphatic rings. The van der Waals surface area contributed by atoms with E-state index >= 15 is 0 Å². The third-order valence-corrected chi connectivity index (χ3v) is 5.87. The zero-order chi connectivity index (χ0) is 22.0. The summed E-state index contributed by atoms with van der Waals surface area (Å²) in [6.07, 6.45) is 1.26. The third kappa shape index (κ3) is 4.77. The molecule has 2 heterocycles. The van der Waals surface area contributed by atoms with Crippen LogP contribution in [0.1, 0.15) is 23.2 Å². The number of hydrogen-bond acceptors (Lipinski definition) is 4. The largest absolute Gasteiger partial charge is 0.338 e. The Morgan fingerprint density at radius 2 is 1.81 bits per heavy atom. The van der Waals surface area contributed by atoms with Gasteiger partial charge in [-0.3, -0.25) is 9.59 Å². The molecule has 2 aromatic carbocycles. The second-order valence-corrected chi connectivity index (χ2v) is 8.11. The number of nitrogens with zero attached hydrogens (tertiary/aromatic N) is 2. The molecule has 1 N–H and O–H groups in total. The quantitative estimate of drug-likeness (QED) is 0.632. The molecule has 0 radical (unpaired) electrons. The van der Waals surface area contributed by atoms with Crippen LogP contribution in [-0.4, -0.2) is 34.8 Å². The monoisotopic (exact) mass is 445 g/mol. The molecule has 1 fully saturated rings. The lowest BCUT2D eigenvalue weighted by Crippen LogP contribution is -2.43. The maximum Gasteiger partial charge on any atom is 0.253 e. The van der Waals surface area contributed by atoms with Gasteiger partial charge < -0.3 is 10.2 Å². The Balaban J connectivity index is 1.42. The number of likely N-dealkylation sites (tertiary alicyclic amines) is 1. The lowest BCUT2D eigenvalue weighted by molar-refractivity contribution is -0.121. The van der Waals surface area contributed by atoms with Gasteiger partial charge in [-0.25, -0.2) is 18.2 Å². The van der Waals surface area contributed by atoms with Gasteiger partial charge in [0.15, 0.2) is 5.13 Å². The van der Waals surface area contributed by atoms with Crippen molar-refractivity contribution in [2.75, 3.05) is 18.4 Å². The Kier molecular flexibility index (Phi) is 6.03. The zero-order valence-electron chi connectivity index (χ0n) is 16.3. The number of carbonyl (C=O) groups is 2. The Labute approximate surface area is 180 Å². The molecule has 5 nitrogen and oxygen atoms in total. The first-order valence-electron chi connectivity index (χ1n) is 9.67. The van der Waals surface area contributed by atoms with Crippen LogP contribution in [-0.2, 0) is 4.79 Å². The number of thiazole rings is 1. The first-order chi connectivity index (χ1) is 14.9. The van der Waals surface area contributed by atoms with Gasteiger partial charge >= 0.3 is 0 Å². The van der Waals surface area contributed by atoms with E-state index in [1.807, 2.05) is 0 Å². The second-order valence-electron chi connectivity index (χ2n) is 7.25. The highest BCUT2D eigenvalue weighted by Gasteiger charge is 2.29. The van der Waals surface area contributed by atoms with Gasteiger partial charge in [0.2, 0.25) is 5.91 Å². The summed E-state index contributed by atoms with van der Waals surface area (Å²) in [6.45, 7) is 0.749. The van der Waals surface area contributed by atoms with E-state index in [1.165, 1.54) is 24.3 Å². The van der Waals surface area contributed by atoms with Crippen molar-refractivity contribution in [1.82, 2.24) is 9.88 Å². The first-order valence-corrected chi connectivity index (χ1v) is 10.6. The Hall–Kier alpha value is -3.20. The van der Waals surface area contributed by atoms with Gasteiger partial charge in [0.05, 0.1) is 11.6 Å². The highest BCUT2D eigenvalue weighted by atomic mass is 32.1. The summed E-state index contributed by atoms with van der Waals surface area (Å²) in [6, 6.07) is 8.39. The number of benzene rings is 2. The molecule has 1 saturated heterocycles. The molecular formula is C22H18F3N3O2S. The number of anilines is 1. The smallest absolute Gasteiger partial charge is 0.253 e. The van der Waals surface area contributed by atoms with Crippen molar-refractivity contribution in [2.24, 2.45) is 5.92 Å². The minimum Gasteiger partial charge on any atom is -0.338 e. The van der Waals surface area contributed by atoms with Crippen LogP contribution in [0.3, 0.4) is 0 Å². The van der Waals surface area contributed by atoms with Crippen LogP contribution in [0.15, 0.2) is 47.8 Å². The van der Waals surface area contributed by atoms with E-state index < -0.39 is 23.4 Å². The molecular weight excluding hydrogens is 427 g/mol. The van der Waals surface area contributed by atoms with Gasteiger partial charge in [0.1, 0.15) is 17.5 Å². The molecule has 160 valence electrons. The highest BCUT2D eigenvalue weighted by Crippen LogP contribution is 2.28. The Morgan fingerprint density at radius 1 is 1.06 bits per heavy atom. The van der Waals surface area contributed by atoms with Crippen LogP contribution in [0.2, 0.25) is 0 Å². The minimum absolute atomic E-state index is 0.0190. The van der Waals surface area contributed by atoms with Gasteiger partial charge in [-0.2, -0.15) is 0 Å². The molecule has 9 heteroatoms. The van der Waals surface area contributed by atoms with Crippen LogP contribution in [0, 0.1) is 23.4 Å². The summed E-state index contributed by atoms with van der Waals surface area (Å²) in [5, 5.41) is 4.52. The van der Waals surface area contributed by atoms with Crippen LogP contribution in [0.25, 0.3) is 11.3 Å². The van der Waals surface area contributed by atoms with Crippen LogP contribution in [0.4, 0.5) is 18.3 Å². The number of hydrogen-bond donors (Lipinski definition) is 1. The Bertz CT molecular complexity index is 1120. The average molecular weight is 445 g/mol. The SMILES string of the molecule is O=C(Nc1nc(-c2cc(F)ccc2F)cs1)C1CCCN(C(=O)c2ccc(F)cc2)C1. The lowest BCUT2D eigenvalue weighted by Gasteiger charge is -2.32. The van der Waals surface area contributed by atoms with Gasteiger partial charge in [-0.15, -0.1) is 11.3 Å². The summed E-state index contributed by atoms with van der Waals surface area (Å²) in [5.74, 6) is -2.59. The molecule has 1 unspecified atom stereocenters. The van der Waals surface area contributed by atoms with Gasteiger partial charge in [-0.05, 0) is 55.3 Å². The number of piperidine rings is 1. The van der Waals surface area contributed by atoms with Crippen molar-refractivity contribution < 1.29 is 22.8 Å². The molecule has 1 aromatic heterocycles. The number of aromatic nitrogens is 1. The maximum absolute atomic E-state index is 14.0. The van der Waals surface area contributed by atoms with E-state index in [9.17, 15) is 22.8 Å². The summed E-state index contributed by atoms with van der Waals surface area (Å²) in [4.78, 5) is 31.1. The topological polar surface area (TPSA) is 62.3 Å². The highest BCUT2D eigenvalue weighted by molar-refractivity contribution is 7.14. The van der Waals surface area contributed by atoms with E-state index in [-0.39, 0.29) is 34.7 Å². The van der Waals surface area contributed by atoms with E-state index in [2.05, 4.69) is 10.3 Å². The van der Waals surface area contributed by atoms with E-state index in [0.29, 0.717) is 24.9 Å². The number of amides is 2. The number of rotatable bonds is 4. The maximum atomic E-state index is 14.0. The average Bonchev–Trinajstić information content (AvgIpc) is 3.23. The van der Waals surface area contributed by atoms with Crippen LogP contribution < -0.4 is 5.32 Å². The number of carbonyl (C=O) groups excluding carboxylic acids is 2. The fraction of sp³-hybridized carbons (Fsp3) is 0.227. The van der Waals surface area contributed by atoms with Crippen molar-refractivity contribution in [3.05, 3.63) is 70.9 Å². The van der Waals surface area contributed by atoms with Crippen LogP contribution >= 0.6 is 11.3 Å². The summed E-state index contributed by atoms with van der Waals surface area (Å²) >= 11 is 1.11. The molecule has 3 aromatic rings. The molecule has 1 aliphatic heterocycles. The van der Waals surface area contributed by atoms with Crippen LogP contribution in [0.5, 0.6) is 0 Å². The third-order valence-electron chi connectivity index (χ3n) is 5.11. The van der Waals surface area contributed by atoms with E-state index in [1.54, 1.807) is 10.3 Å². The number of nitrogens with one attached hydrogen (secondary N) is 1. The predicted molar refractivity (Wildman–Crippen MR) is 111 cm³/mol. The second kappa shape index (κ2) is 8.89. The van der Waals surface area contributed by atoms with Crippen molar-refractivity contribution >= 4 is 28.3 Å². The van der Waals surface area contributed by atoms with Crippen molar-refractivity contribution in [1.29, 1.82) is 0 Å². The van der Waals surface area contributed by atoms with Gasteiger partial charge in [-0.1, -0.05) is 0 Å². The molecule has 0 bridgehead atoms. The predicted octanol–water partition coefficient (Wildman–Crippen LogP) is 4.72. The summed E-state index contributed by atoms with van der Waals surface area (Å²) < 4.78 is 40.5. The lowest BCUT2D eigenvalue weighted by atomic mass is 9.96. The summed E-state index contributed by atoms with van der Waals surface area (Å²) in [7, 11) is 0. The normalized spacial score (nSPS) is 16.2. The van der Waals surface area contributed by atoms with Gasteiger partial charge in [0.25, 0.3) is 5.91 Å². The molecule has 0 saturated carbocycles. The molecule has 0 aliphatic carbocycles. The fourth-order valence-corrected chi connectivity index (χ4v) is 4.22. The number of halogens is 3. The van der Waals surface area contributed by atoms with Crippen molar-refractivity contribution in [2.45, 2.75) is 12.8 Å². The molecule has 31 heavy (non-hydrogen) atoms. The molecule has 2 amide bonds. The minimum atomic E-state index is -0.605. The van der Waals surface area contributed by atoms with Gasteiger partial charge in [0, 0.05) is 29.6 Å². The molecule has 0 spiro atoms.